The monoisotopic (exact) mass is 593 g/mol. The molecule has 0 spiro atoms. The first kappa shape index (κ1) is 32.4. The number of carboxylic acids is 1. The smallest absolute Gasteiger partial charge is 0.306 e. The normalized spacial score (nSPS) is 39.0. The van der Waals surface area contributed by atoms with Crippen LogP contribution < -0.4 is 16.0 Å². The molecule has 0 aliphatic carbocycles. The number of rotatable bonds is 5. The SMILES string of the molecule is CC1NC(CCC2Cc3cccc(c3)CC3CC4(C)CC(CC#CC(CCCCC(O)(CC(=O)O)CN4)C2)N3)CCC1O. The Morgan fingerprint density at radius 1 is 1.05 bits per heavy atom. The highest BCUT2D eigenvalue weighted by Gasteiger charge is 2.39. The highest BCUT2D eigenvalue weighted by molar-refractivity contribution is 5.68. The fourth-order valence-corrected chi connectivity index (χ4v) is 8.41. The highest BCUT2D eigenvalue weighted by atomic mass is 16.4. The van der Waals surface area contributed by atoms with E-state index < -0.39 is 11.6 Å². The Morgan fingerprint density at radius 3 is 2.63 bits per heavy atom. The Bertz CT molecular complexity index is 1150. The summed E-state index contributed by atoms with van der Waals surface area (Å²) in [6.07, 6.45) is 12.5. The predicted octanol–water partition coefficient (Wildman–Crippen LogP) is 4.33. The summed E-state index contributed by atoms with van der Waals surface area (Å²) in [5.74, 6) is 7.22. The van der Waals surface area contributed by atoms with E-state index in [0.29, 0.717) is 24.9 Å². The fraction of sp³-hybridized carbons (Fsp3) is 0.750. The maximum atomic E-state index is 11.8. The van der Waals surface area contributed by atoms with Crippen LogP contribution in [0.25, 0.3) is 0 Å². The first-order chi connectivity index (χ1) is 20.6. The van der Waals surface area contributed by atoms with Gasteiger partial charge in [-0.25, -0.2) is 0 Å². The molecule has 9 atom stereocenters. The molecule has 5 rings (SSSR count). The number of aliphatic hydroxyl groups excluding tert-OH is 1. The topological polar surface area (TPSA) is 114 Å². The van der Waals surface area contributed by atoms with Gasteiger partial charge >= 0.3 is 5.97 Å². The molecule has 6 N–H and O–H groups in total. The molecule has 6 bridgehead atoms. The minimum Gasteiger partial charge on any atom is -0.481 e. The van der Waals surface area contributed by atoms with Crippen LogP contribution in [0.2, 0.25) is 0 Å². The average Bonchev–Trinajstić information content (AvgIpc) is 2.93. The maximum Gasteiger partial charge on any atom is 0.306 e. The zero-order chi connectivity index (χ0) is 30.5. The fourth-order valence-electron chi connectivity index (χ4n) is 8.41. The second kappa shape index (κ2) is 14.4. The van der Waals surface area contributed by atoms with E-state index in [1.165, 1.54) is 11.1 Å². The van der Waals surface area contributed by atoms with Gasteiger partial charge in [0.25, 0.3) is 0 Å². The van der Waals surface area contributed by atoms with Gasteiger partial charge < -0.3 is 31.3 Å². The molecule has 1 aromatic rings. The largest absolute Gasteiger partial charge is 0.481 e. The van der Waals surface area contributed by atoms with Crippen molar-refractivity contribution in [2.45, 2.75) is 152 Å². The lowest BCUT2D eigenvalue weighted by atomic mass is 9.77. The van der Waals surface area contributed by atoms with Crippen molar-refractivity contribution in [3.8, 4) is 11.8 Å². The molecule has 7 heteroatoms. The molecule has 2 fully saturated rings. The Hall–Kier alpha value is -1.95. The molecule has 1 aromatic carbocycles. The molecule has 4 aliphatic heterocycles. The Kier molecular flexibility index (Phi) is 10.9. The van der Waals surface area contributed by atoms with Crippen molar-refractivity contribution in [2.24, 2.45) is 11.8 Å². The third kappa shape index (κ3) is 9.52. The Labute approximate surface area is 259 Å². The third-order valence-electron chi connectivity index (χ3n) is 10.7. The summed E-state index contributed by atoms with van der Waals surface area (Å²) in [6, 6.07) is 10.3. The zero-order valence-electron chi connectivity index (χ0n) is 26.4. The Balaban J connectivity index is 1.41. The average molecular weight is 594 g/mol. The lowest BCUT2D eigenvalue weighted by Crippen LogP contribution is -2.61. The van der Waals surface area contributed by atoms with Crippen LogP contribution in [0.15, 0.2) is 24.3 Å². The molecule has 9 unspecified atom stereocenters. The summed E-state index contributed by atoms with van der Waals surface area (Å²) in [6.45, 7) is 4.63. The van der Waals surface area contributed by atoms with Gasteiger partial charge in [0.05, 0.1) is 18.1 Å². The van der Waals surface area contributed by atoms with E-state index in [9.17, 15) is 20.1 Å². The van der Waals surface area contributed by atoms with Crippen molar-refractivity contribution in [3.63, 3.8) is 0 Å². The van der Waals surface area contributed by atoms with Crippen molar-refractivity contribution in [1.82, 2.24) is 16.0 Å². The summed E-state index contributed by atoms with van der Waals surface area (Å²) >= 11 is 0. The van der Waals surface area contributed by atoms with Crippen molar-refractivity contribution < 1.29 is 20.1 Å². The maximum absolute atomic E-state index is 11.8. The van der Waals surface area contributed by atoms with Crippen LogP contribution >= 0.6 is 0 Å². The molecule has 238 valence electrons. The number of fused-ring (bicyclic) bond motifs is 6. The number of aliphatic hydroxyl groups is 2. The van der Waals surface area contributed by atoms with Crippen molar-refractivity contribution in [2.75, 3.05) is 6.54 Å². The number of nitrogens with one attached hydrogen (secondary N) is 3. The number of benzene rings is 1. The number of aliphatic carboxylic acids is 1. The van der Waals surface area contributed by atoms with E-state index in [1.54, 1.807) is 0 Å². The van der Waals surface area contributed by atoms with Gasteiger partial charge in [-0.05, 0) is 102 Å². The van der Waals surface area contributed by atoms with E-state index >= 15 is 0 Å². The third-order valence-corrected chi connectivity index (χ3v) is 10.7. The first-order valence-electron chi connectivity index (χ1n) is 17.0. The van der Waals surface area contributed by atoms with E-state index in [-0.39, 0.29) is 42.1 Å². The molecule has 2 saturated heterocycles. The van der Waals surface area contributed by atoms with Gasteiger partial charge in [0.1, 0.15) is 0 Å². The van der Waals surface area contributed by atoms with Gasteiger partial charge in [-0.15, -0.1) is 5.92 Å². The number of hydrogen-bond donors (Lipinski definition) is 6. The van der Waals surface area contributed by atoms with Crippen molar-refractivity contribution in [1.29, 1.82) is 0 Å². The van der Waals surface area contributed by atoms with Gasteiger partial charge in [0.15, 0.2) is 0 Å². The summed E-state index contributed by atoms with van der Waals surface area (Å²) in [5.41, 5.74) is 1.31. The predicted molar refractivity (Wildman–Crippen MR) is 171 cm³/mol. The molecule has 7 nitrogen and oxygen atoms in total. The standard InChI is InChI=1S/C36H55N3O4/c1-25-33(40)15-14-30(38-25)13-12-29-17-26-7-3-4-16-36(43,23-34(41)42)24-37-35(2)21-31(11-6-8-26)39-32(22-35)20-28-10-5-9-27(18-28)19-29/h5,9-10,18,25-26,29-33,37-40,43H,3-4,7,11-17,19-24H2,1-2H3,(H,41,42). The lowest BCUT2D eigenvalue weighted by molar-refractivity contribution is -0.143. The highest BCUT2D eigenvalue weighted by Crippen LogP contribution is 2.33. The van der Waals surface area contributed by atoms with Crippen molar-refractivity contribution in [3.05, 3.63) is 35.4 Å². The van der Waals surface area contributed by atoms with Crippen LogP contribution in [0.1, 0.15) is 108 Å². The van der Waals surface area contributed by atoms with Crippen LogP contribution in [0.3, 0.4) is 0 Å². The number of hydrogen-bond acceptors (Lipinski definition) is 6. The van der Waals surface area contributed by atoms with Crippen LogP contribution in [0, 0.1) is 23.7 Å². The quantitative estimate of drug-likeness (QED) is 0.282. The minimum atomic E-state index is -1.25. The second-order valence-electron chi connectivity index (χ2n) is 14.9. The van der Waals surface area contributed by atoms with E-state index in [1.807, 2.05) is 0 Å². The van der Waals surface area contributed by atoms with Crippen LogP contribution in [-0.4, -0.2) is 69.2 Å². The minimum absolute atomic E-state index is 0.148. The molecule has 0 radical (unpaired) electrons. The van der Waals surface area contributed by atoms with E-state index in [0.717, 1.165) is 83.5 Å². The van der Waals surface area contributed by atoms with Crippen LogP contribution in [0.5, 0.6) is 0 Å². The molecular weight excluding hydrogens is 538 g/mol. The summed E-state index contributed by atoms with van der Waals surface area (Å²) in [7, 11) is 0. The number of carboxylic acid groups (broad SMARTS) is 1. The molecule has 0 amide bonds. The van der Waals surface area contributed by atoms with Gasteiger partial charge in [-0.2, -0.15) is 0 Å². The van der Waals surface area contributed by atoms with Gasteiger partial charge in [-0.3, -0.25) is 4.79 Å². The summed E-state index contributed by atoms with van der Waals surface area (Å²) < 4.78 is 0. The summed E-state index contributed by atoms with van der Waals surface area (Å²) in [4.78, 5) is 11.8. The number of piperidine rings is 2. The first-order valence-corrected chi connectivity index (χ1v) is 17.0. The van der Waals surface area contributed by atoms with Crippen LogP contribution in [-0.2, 0) is 17.6 Å². The molecule has 0 aromatic heterocycles. The molecule has 4 aliphatic rings. The van der Waals surface area contributed by atoms with Gasteiger partial charge in [0, 0.05) is 48.6 Å². The lowest BCUT2D eigenvalue weighted by Gasteiger charge is -2.45. The van der Waals surface area contributed by atoms with Crippen molar-refractivity contribution >= 4 is 5.97 Å². The molecule has 0 saturated carbocycles. The van der Waals surface area contributed by atoms with Gasteiger partial charge in [-0.1, -0.05) is 43.0 Å². The number of carbonyl (C=O) groups is 1. The van der Waals surface area contributed by atoms with E-state index in [2.05, 4.69) is 65.9 Å². The molecule has 4 heterocycles. The Morgan fingerprint density at radius 2 is 1.84 bits per heavy atom. The number of β-amino-alcohol motifs (C(OH)–C–C–N with tert-alkyl or cyclic N) is 1. The molecule has 43 heavy (non-hydrogen) atoms. The zero-order valence-corrected chi connectivity index (χ0v) is 26.4. The van der Waals surface area contributed by atoms with E-state index in [4.69, 9.17) is 0 Å². The van der Waals surface area contributed by atoms with Crippen LogP contribution in [0.4, 0.5) is 0 Å². The van der Waals surface area contributed by atoms with Gasteiger partial charge in [0.2, 0.25) is 0 Å². The second-order valence-corrected chi connectivity index (χ2v) is 14.9. The molecular formula is C36H55N3O4. The summed E-state index contributed by atoms with van der Waals surface area (Å²) in [5, 5.41) is 42.6.